The lowest BCUT2D eigenvalue weighted by atomic mass is 10.1. The second-order valence-electron chi connectivity index (χ2n) is 6.79. The number of carbonyl (C=O) groups excluding carboxylic acids is 1. The summed E-state index contributed by atoms with van der Waals surface area (Å²) in [6, 6.07) is 12.9. The van der Waals surface area contributed by atoms with Crippen molar-refractivity contribution in [3.63, 3.8) is 0 Å². The Labute approximate surface area is 175 Å². The van der Waals surface area contributed by atoms with E-state index in [0.29, 0.717) is 18.7 Å². The molecule has 30 heavy (non-hydrogen) atoms. The number of aromatic nitrogens is 2. The fourth-order valence-electron chi connectivity index (χ4n) is 3.07. The van der Waals surface area contributed by atoms with E-state index in [1.807, 2.05) is 35.0 Å². The quantitative estimate of drug-likeness (QED) is 0.566. The molecule has 0 spiro atoms. The average Bonchev–Trinajstić information content (AvgIpc) is 3.24. The van der Waals surface area contributed by atoms with Gasteiger partial charge in [-0.05, 0) is 42.3 Å². The van der Waals surface area contributed by atoms with Gasteiger partial charge in [-0.2, -0.15) is 0 Å². The van der Waals surface area contributed by atoms with Gasteiger partial charge in [-0.15, -0.1) is 0 Å². The summed E-state index contributed by atoms with van der Waals surface area (Å²) in [6.07, 6.45) is 6.79. The van der Waals surface area contributed by atoms with Crippen LogP contribution in [0.4, 0.5) is 10.1 Å². The van der Waals surface area contributed by atoms with Crippen LogP contribution in [0.1, 0.15) is 18.4 Å². The molecule has 3 aromatic rings. The van der Waals surface area contributed by atoms with E-state index in [2.05, 4.69) is 10.3 Å². The van der Waals surface area contributed by atoms with Gasteiger partial charge < -0.3 is 9.88 Å². The normalized spacial score (nSPS) is 11.3. The van der Waals surface area contributed by atoms with Crippen LogP contribution >= 0.6 is 0 Å². The number of anilines is 1. The van der Waals surface area contributed by atoms with Gasteiger partial charge in [0.05, 0.1) is 24.0 Å². The fraction of sp³-hybridized carbons (Fsp3) is 0.238. The Bertz CT molecular complexity index is 1080. The first-order chi connectivity index (χ1) is 14.3. The van der Waals surface area contributed by atoms with Crippen molar-refractivity contribution in [2.24, 2.45) is 0 Å². The van der Waals surface area contributed by atoms with Crippen LogP contribution in [0.15, 0.2) is 67.3 Å². The SMILES string of the molecule is CS(=O)(=O)N(CCCC(=O)NCc1ccccc1-n1ccnc1)c1ccc(F)cc1. The summed E-state index contributed by atoms with van der Waals surface area (Å²) in [7, 11) is -3.54. The highest BCUT2D eigenvalue weighted by molar-refractivity contribution is 7.92. The van der Waals surface area contributed by atoms with Crippen molar-refractivity contribution in [2.75, 3.05) is 17.1 Å². The lowest BCUT2D eigenvalue weighted by Gasteiger charge is -2.22. The molecule has 2 aromatic carbocycles. The first kappa shape index (κ1) is 21.5. The maximum absolute atomic E-state index is 13.1. The third kappa shape index (κ3) is 5.66. The number of imidazole rings is 1. The summed E-state index contributed by atoms with van der Waals surface area (Å²) in [6.45, 7) is 0.477. The number of hydrogen-bond donors (Lipinski definition) is 1. The van der Waals surface area contributed by atoms with Crippen LogP contribution in [0.5, 0.6) is 0 Å². The van der Waals surface area contributed by atoms with Gasteiger partial charge in [-0.1, -0.05) is 18.2 Å². The van der Waals surface area contributed by atoms with Crippen LogP contribution in [-0.2, 0) is 21.4 Å². The number of amides is 1. The maximum Gasteiger partial charge on any atom is 0.232 e. The van der Waals surface area contributed by atoms with Gasteiger partial charge in [0.25, 0.3) is 0 Å². The van der Waals surface area contributed by atoms with E-state index in [1.54, 1.807) is 12.5 Å². The Morgan fingerprint density at radius 1 is 1.17 bits per heavy atom. The number of carbonyl (C=O) groups is 1. The predicted octanol–water partition coefficient (Wildman–Crippen LogP) is 2.87. The Morgan fingerprint density at radius 3 is 2.57 bits per heavy atom. The molecule has 0 saturated heterocycles. The molecule has 1 aromatic heterocycles. The maximum atomic E-state index is 13.1. The Hall–Kier alpha value is -3.20. The molecule has 1 amide bonds. The molecule has 0 aliphatic carbocycles. The van der Waals surface area contributed by atoms with E-state index < -0.39 is 15.8 Å². The minimum atomic E-state index is -3.54. The number of para-hydroxylation sites is 1. The van der Waals surface area contributed by atoms with E-state index in [1.165, 1.54) is 28.6 Å². The van der Waals surface area contributed by atoms with Crippen LogP contribution in [0.25, 0.3) is 5.69 Å². The third-order valence-electron chi connectivity index (χ3n) is 4.53. The number of rotatable bonds is 9. The van der Waals surface area contributed by atoms with Gasteiger partial charge in [0, 0.05) is 31.9 Å². The lowest BCUT2D eigenvalue weighted by molar-refractivity contribution is -0.121. The van der Waals surface area contributed by atoms with Gasteiger partial charge in [0.15, 0.2) is 0 Å². The first-order valence-corrected chi connectivity index (χ1v) is 11.3. The molecule has 0 fully saturated rings. The lowest BCUT2D eigenvalue weighted by Crippen LogP contribution is -2.32. The first-order valence-electron chi connectivity index (χ1n) is 9.41. The molecule has 0 aliphatic rings. The molecular weight excluding hydrogens is 407 g/mol. The predicted molar refractivity (Wildman–Crippen MR) is 113 cm³/mol. The second-order valence-corrected chi connectivity index (χ2v) is 8.70. The van der Waals surface area contributed by atoms with Crippen LogP contribution in [0.2, 0.25) is 0 Å². The summed E-state index contributed by atoms with van der Waals surface area (Å²) < 4.78 is 40.3. The van der Waals surface area contributed by atoms with E-state index in [-0.39, 0.29) is 18.9 Å². The molecule has 158 valence electrons. The number of halogens is 1. The molecule has 1 N–H and O–H groups in total. The van der Waals surface area contributed by atoms with Crippen molar-refractivity contribution in [3.8, 4) is 5.69 Å². The van der Waals surface area contributed by atoms with E-state index in [4.69, 9.17) is 0 Å². The summed E-state index contributed by atoms with van der Waals surface area (Å²) in [5, 5.41) is 2.87. The van der Waals surface area contributed by atoms with Crippen molar-refractivity contribution in [1.82, 2.24) is 14.9 Å². The van der Waals surface area contributed by atoms with E-state index >= 15 is 0 Å². The van der Waals surface area contributed by atoms with Gasteiger partial charge in [-0.3, -0.25) is 9.10 Å². The van der Waals surface area contributed by atoms with Gasteiger partial charge in [0.2, 0.25) is 15.9 Å². The molecule has 0 bridgehead atoms. The average molecular weight is 431 g/mol. The zero-order chi connectivity index (χ0) is 21.6. The molecule has 1 heterocycles. The molecule has 0 aliphatic heterocycles. The highest BCUT2D eigenvalue weighted by atomic mass is 32.2. The smallest absolute Gasteiger partial charge is 0.232 e. The Kier molecular flexibility index (Phi) is 6.83. The second kappa shape index (κ2) is 9.53. The monoisotopic (exact) mass is 430 g/mol. The summed E-state index contributed by atoms with van der Waals surface area (Å²) in [5.41, 5.74) is 2.23. The van der Waals surface area contributed by atoms with E-state index in [0.717, 1.165) is 17.5 Å². The van der Waals surface area contributed by atoms with Gasteiger partial charge >= 0.3 is 0 Å². The third-order valence-corrected chi connectivity index (χ3v) is 5.72. The number of benzene rings is 2. The topological polar surface area (TPSA) is 84.3 Å². The zero-order valence-electron chi connectivity index (χ0n) is 16.5. The van der Waals surface area contributed by atoms with Crippen molar-refractivity contribution >= 4 is 21.6 Å². The van der Waals surface area contributed by atoms with Crippen molar-refractivity contribution in [3.05, 3.63) is 78.6 Å². The number of sulfonamides is 1. The fourth-order valence-corrected chi connectivity index (χ4v) is 4.04. The molecule has 0 atom stereocenters. The number of nitrogens with zero attached hydrogens (tertiary/aromatic N) is 3. The van der Waals surface area contributed by atoms with Crippen LogP contribution in [0.3, 0.4) is 0 Å². The largest absolute Gasteiger partial charge is 0.352 e. The highest BCUT2D eigenvalue weighted by Gasteiger charge is 2.17. The minimum absolute atomic E-state index is 0.128. The summed E-state index contributed by atoms with van der Waals surface area (Å²) >= 11 is 0. The van der Waals surface area contributed by atoms with Crippen LogP contribution < -0.4 is 9.62 Å². The molecule has 9 heteroatoms. The highest BCUT2D eigenvalue weighted by Crippen LogP contribution is 2.19. The molecule has 0 saturated carbocycles. The number of hydrogen-bond acceptors (Lipinski definition) is 4. The Morgan fingerprint density at radius 2 is 1.90 bits per heavy atom. The Balaban J connectivity index is 1.55. The number of nitrogens with one attached hydrogen (secondary N) is 1. The summed E-state index contributed by atoms with van der Waals surface area (Å²) in [4.78, 5) is 16.3. The van der Waals surface area contributed by atoms with Gasteiger partial charge in [0.1, 0.15) is 5.82 Å². The van der Waals surface area contributed by atoms with Crippen molar-refractivity contribution in [2.45, 2.75) is 19.4 Å². The van der Waals surface area contributed by atoms with Crippen LogP contribution in [-0.4, -0.2) is 36.7 Å². The molecule has 0 unspecified atom stereocenters. The van der Waals surface area contributed by atoms with Gasteiger partial charge in [-0.25, -0.2) is 17.8 Å². The molecule has 3 rings (SSSR count). The molecule has 7 nitrogen and oxygen atoms in total. The summed E-state index contributed by atoms with van der Waals surface area (Å²) in [5.74, 6) is -0.620. The minimum Gasteiger partial charge on any atom is -0.352 e. The van der Waals surface area contributed by atoms with Crippen molar-refractivity contribution in [1.29, 1.82) is 0 Å². The standard InChI is InChI=1S/C21H23FN4O3S/c1-30(28,29)26(19-10-8-18(22)9-11-19)13-4-7-21(27)24-15-17-5-2-3-6-20(17)25-14-12-23-16-25/h2-3,5-6,8-12,14,16H,4,7,13,15H2,1H3,(H,24,27). The molecule has 0 radical (unpaired) electrons. The molecular formula is C21H23FN4O3S. The van der Waals surface area contributed by atoms with Crippen molar-refractivity contribution < 1.29 is 17.6 Å². The zero-order valence-corrected chi connectivity index (χ0v) is 17.3. The van der Waals surface area contributed by atoms with E-state index in [9.17, 15) is 17.6 Å². The van der Waals surface area contributed by atoms with Crippen LogP contribution in [0, 0.1) is 5.82 Å².